The maximum absolute atomic E-state index is 13.1. The molecule has 1 aliphatic heterocycles. The van der Waals surface area contributed by atoms with E-state index in [4.69, 9.17) is 4.74 Å². The molecule has 1 fully saturated rings. The van der Waals surface area contributed by atoms with Crippen LogP contribution < -0.4 is 0 Å². The molecule has 5 heteroatoms. The van der Waals surface area contributed by atoms with Crippen LogP contribution >= 0.6 is 0 Å². The Kier molecular flexibility index (Phi) is 3.88. The second kappa shape index (κ2) is 5.60. The summed E-state index contributed by atoms with van der Waals surface area (Å²) in [6, 6.07) is 15.2. The Hall–Kier alpha value is -1.95. The van der Waals surface area contributed by atoms with Gasteiger partial charge in [0.05, 0.1) is 4.90 Å². The number of hydrogen-bond acceptors (Lipinski definition) is 4. The van der Waals surface area contributed by atoms with Crippen LogP contribution in [0.2, 0.25) is 0 Å². The Balaban J connectivity index is 2.08. The van der Waals surface area contributed by atoms with Crippen LogP contribution in [-0.4, -0.2) is 24.6 Å². The van der Waals surface area contributed by atoms with Crippen molar-refractivity contribution in [2.75, 3.05) is 0 Å². The van der Waals surface area contributed by atoms with Crippen molar-refractivity contribution in [1.29, 1.82) is 0 Å². The average Bonchev–Trinajstić information content (AvgIpc) is 3.32. The number of epoxide rings is 1. The van der Waals surface area contributed by atoms with E-state index in [1.165, 1.54) is 18.2 Å². The molecular weight excluding hydrogens is 312 g/mol. The van der Waals surface area contributed by atoms with Gasteiger partial charge >= 0.3 is 0 Å². The first-order chi connectivity index (χ1) is 10.9. The molecule has 0 radical (unpaired) electrons. The molecule has 1 aliphatic rings. The average molecular weight is 330 g/mol. The predicted octanol–water partition coefficient (Wildman–Crippen LogP) is 2.78. The van der Waals surface area contributed by atoms with Gasteiger partial charge in [-0.15, -0.1) is 6.58 Å². The number of benzene rings is 2. The molecule has 0 unspecified atom stereocenters. The van der Waals surface area contributed by atoms with Crippen LogP contribution in [-0.2, 0) is 14.6 Å². The molecule has 0 bridgehead atoms. The quantitative estimate of drug-likeness (QED) is 0.676. The Bertz CT molecular complexity index is 812. The van der Waals surface area contributed by atoms with Crippen LogP contribution in [0.3, 0.4) is 0 Å². The molecule has 4 nitrogen and oxygen atoms in total. The fourth-order valence-electron chi connectivity index (χ4n) is 2.73. The summed E-state index contributed by atoms with van der Waals surface area (Å²) in [5.41, 5.74) is 1.45. The molecule has 0 aromatic heterocycles. The van der Waals surface area contributed by atoms with Crippen LogP contribution in [0.4, 0.5) is 0 Å². The molecular formula is C18H18O4S. The lowest BCUT2D eigenvalue weighted by Crippen LogP contribution is -2.34. The van der Waals surface area contributed by atoms with Crippen LogP contribution in [0.1, 0.15) is 17.2 Å². The Morgan fingerprint density at radius 2 is 1.78 bits per heavy atom. The van der Waals surface area contributed by atoms with E-state index < -0.39 is 27.0 Å². The van der Waals surface area contributed by atoms with Crippen molar-refractivity contribution < 1.29 is 18.3 Å². The third-order valence-corrected chi connectivity index (χ3v) is 6.40. The summed E-state index contributed by atoms with van der Waals surface area (Å²) >= 11 is 0. The van der Waals surface area contributed by atoms with Crippen molar-refractivity contribution in [2.24, 2.45) is 0 Å². The molecule has 0 spiro atoms. The molecule has 2 aromatic carbocycles. The molecule has 120 valence electrons. The van der Waals surface area contributed by atoms with Gasteiger partial charge in [-0.3, -0.25) is 0 Å². The first-order valence-electron chi connectivity index (χ1n) is 7.28. The van der Waals surface area contributed by atoms with Crippen LogP contribution in [0.25, 0.3) is 0 Å². The minimum atomic E-state index is -3.90. The number of aliphatic hydroxyl groups is 1. The smallest absolute Gasteiger partial charge is 0.233 e. The third kappa shape index (κ3) is 2.41. The molecule has 1 heterocycles. The lowest BCUT2D eigenvalue weighted by atomic mass is 10.0. The molecule has 2 aromatic rings. The fraction of sp³-hybridized carbons (Fsp3) is 0.222. The van der Waals surface area contributed by atoms with Gasteiger partial charge in [-0.05, 0) is 24.6 Å². The molecule has 1 N–H and O–H groups in total. The van der Waals surface area contributed by atoms with Crippen molar-refractivity contribution in [2.45, 2.75) is 29.0 Å². The molecule has 1 saturated heterocycles. The first-order valence-corrected chi connectivity index (χ1v) is 8.76. The van der Waals surface area contributed by atoms with Gasteiger partial charge in [0.25, 0.3) is 0 Å². The van der Waals surface area contributed by atoms with Crippen molar-refractivity contribution in [3.8, 4) is 0 Å². The van der Waals surface area contributed by atoms with Gasteiger partial charge < -0.3 is 9.84 Å². The van der Waals surface area contributed by atoms with Gasteiger partial charge in [0.1, 0.15) is 12.2 Å². The number of ether oxygens (including phenoxy) is 1. The van der Waals surface area contributed by atoms with Crippen LogP contribution in [0.5, 0.6) is 0 Å². The Labute approximate surface area is 136 Å². The van der Waals surface area contributed by atoms with E-state index in [9.17, 15) is 13.5 Å². The summed E-state index contributed by atoms with van der Waals surface area (Å²) in [6.45, 7) is 5.49. The predicted molar refractivity (Wildman–Crippen MR) is 87.6 cm³/mol. The third-order valence-electron chi connectivity index (χ3n) is 4.11. The van der Waals surface area contributed by atoms with E-state index in [1.54, 1.807) is 42.5 Å². The van der Waals surface area contributed by atoms with Crippen molar-refractivity contribution >= 4 is 9.84 Å². The van der Waals surface area contributed by atoms with E-state index in [0.717, 1.165) is 5.56 Å². The zero-order valence-electron chi connectivity index (χ0n) is 12.7. The number of aliphatic hydroxyl groups excluding tert-OH is 1. The van der Waals surface area contributed by atoms with Gasteiger partial charge in [0, 0.05) is 0 Å². The first kappa shape index (κ1) is 15.9. The molecule has 0 amide bonds. The van der Waals surface area contributed by atoms with Gasteiger partial charge in [0.2, 0.25) is 14.8 Å². The SMILES string of the molecule is C=C[C@@H]1O[C@@]1([C@@H](O)c1ccccc1)S(=O)(=O)c1ccc(C)cc1. The zero-order chi connectivity index (χ0) is 16.7. The van der Waals surface area contributed by atoms with Crippen LogP contribution in [0.15, 0.2) is 72.1 Å². The van der Waals surface area contributed by atoms with E-state index in [0.29, 0.717) is 5.56 Å². The van der Waals surface area contributed by atoms with Crippen molar-refractivity contribution in [3.63, 3.8) is 0 Å². The maximum Gasteiger partial charge on any atom is 0.233 e. The maximum atomic E-state index is 13.1. The molecule has 23 heavy (non-hydrogen) atoms. The summed E-state index contributed by atoms with van der Waals surface area (Å²) in [5.74, 6) is 0. The number of hydrogen-bond donors (Lipinski definition) is 1. The lowest BCUT2D eigenvalue weighted by molar-refractivity contribution is 0.116. The monoisotopic (exact) mass is 330 g/mol. The highest BCUT2D eigenvalue weighted by molar-refractivity contribution is 7.93. The highest BCUT2D eigenvalue weighted by Gasteiger charge is 2.70. The van der Waals surface area contributed by atoms with E-state index in [2.05, 4.69) is 6.58 Å². The normalized spacial score (nSPS) is 24.9. The molecule has 3 rings (SSSR count). The van der Waals surface area contributed by atoms with Crippen molar-refractivity contribution in [3.05, 3.63) is 78.4 Å². The Morgan fingerprint density at radius 3 is 2.30 bits per heavy atom. The summed E-state index contributed by atoms with van der Waals surface area (Å²) in [4.78, 5) is -1.59. The largest absolute Gasteiger partial charge is 0.384 e. The summed E-state index contributed by atoms with van der Waals surface area (Å²) in [6.07, 6.45) is -0.625. The number of aryl methyl sites for hydroxylation is 1. The molecule has 0 saturated carbocycles. The minimum absolute atomic E-state index is 0.127. The second-order valence-corrected chi connectivity index (χ2v) is 7.74. The summed E-state index contributed by atoms with van der Waals surface area (Å²) in [7, 11) is -3.90. The highest BCUT2D eigenvalue weighted by Crippen LogP contribution is 2.53. The van der Waals surface area contributed by atoms with Gasteiger partial charge in [0.15, 0.2) is 0 Å². The van der Waals surface area contributed by atoms with Gasteiger partial charge in [-0.2, -0.15) is 0 Å². The van der Waals surface area contributed by atoms with Crippen molar-refractivity contribution in [1.82, 2.24) is 0 Å². The van der Waals surface area contributed by atoms with E-state index in [-0.39, 0.29) is 4.90 Å². The van der Waals surface area contributed by atoms with Gasteiger partial charge in [-0.25, -0.2) is 8.42 Å². The molecule has 0 aliphatic carbocycles. The second-order valence-electron chi connectivity index (χ2n) is 5.63. The zero-order valence-corrected chi connectivity index (χ0v) is 13.5. The topological polar surface area (TPSA) is 66.9 Å². The summed E-state index contributed by atoms with van der Waals surface area (Å²) < 4.78 is 31.6. The summed E-state index contributed by atoms with van der Waals surface area (Å²) in [5, 5.41) is 10.7. The highest BCUT2D eigenvalue weighted by atomic mass is 32.2. The molecule has 3 atom stereocenters. The fourth-order valence-corrected chi connectivity index (χ4v) is 4.65. The van der Waals surface area contributed by atoms with E-state index in [1.807, 2.05) is 6.92 Å². The minimum Gasteiger partial charge on any atom is -0.384 e. The lowest BCUT2D eigenvalue weighted by Gasteiger charge is -2.21. The standard InChI is InChI=1S/C18H18O4S/c1-3-16-18(22-16,17(19)14-7-5-4-6-8-14)23(20,21)15-11-9-13(2)10-12-15/h3-12,16-17,19H,1H2,2H3/t16-,17-,18+/m0/s1. The Morgan fingerprint density at radius 1 is 1.17 bits per heavy atom. The van der Waals surface area contributed by atoms with E-state index >= 15 is 0 Å². The number of rotatable bonds is 5. The van der Waals surface area contributed by atoms with Gasteiger partial charge in [-0.1, -0.05) is 54.1 Å². The van der Waals surface area contributed by atoms with Crippen LogP contribution in [0, 0.1) is 6.92 Å². The number of sulfone groups is 1.